The van der Waals surface area contributed by atoms with Crippen LogP contribution in [0.2, 0.25) is 0 Å². The molecule has 26 heavy (non-hydrogen) atoms. The molecule has 0 bridgehead atoms. The molecular weight excluding hydrogens is 358 g/mol. The lowest BCUT2D eigenvalue weighted by Crippen LogP contribution is -2.49. The van der Waals surface area contributed by atoms with Gasteiger partial charge >= 0.3 is 0 Å². The van der Waals surface area contributed by atoms with Crippen molar-refractivity contribution in [1.29, 1.82) is 5.41 Å². The quantitative estimate of drug-likeness (QED) is 0.387. The van der Waals surface area contributed by atoms with Crippen molar-refractivity contribution in [2.75, 3.05) is 30.3 Å². The van der Waals surface area contributed by atoms with E-state index in [9.17, 15) is 10.2 Å². The van der Waals surface area contributed by atoms with E-state index in [0.717, 1.165) is 0 Å². The topological polar surface area (TPSA) is 157 Å². The Bertz CT molecular complexity index is 772. The van der Waals surface area contributed by atoms with Gasteiger partial charge < -0.3 is 31.9 Å². The second-order valence-electron chi connectivity index (χ2n) is 6.42. The number of allylic oxidation sites excluding steroid dienone is 2. The maximum atomic E-state index is 10.2. The van der Waals surface area contributed by atoms with Crippen LogP contribution in [-0.4, -0.2) is 57.4 Å². The summed E-state index contributed by atoms with van der Waals surface area (Å²) in [6.45, 7) is 1.42. The molecule has 0 spiro atoms. The van der Waals surface area contributed by atoms with Crippen molar-refractivity contribution in [2.24, 2.45) is 5.73 Å². The SMILES string of the molecule is N=C(C1=C(Cl)C(O)NC=C1)c1ncc(N2CCC(O)(CN)CC2)nc1N. The largest absolute Gasteiger partial charge is 0.388 e. The fourth-order valence-electron chi connectivity index (χ4n) is 2.95. The molecule has 140 valence electrons. The second-order valence-corrected chi connectivity index (χ2v) is 6.82. The van der Waals surface area contributed by atoms with Crippen molar-refractivity contribution >= 4 is 28.9 Å². The third-order valence-electron chi connectivity index (χ3n) is 4.69. The van der Waals surface area contributed by atoms with Gasteiger partial charge in [-0.15, -0.1) is 0 Å². The number of nitrogens with zero attached hydrogens (tertiary/aromatic N) is 3. The van der Waals surface area contributed by atoms with Gasteiger partial charge in [-0.2, -0.15) is 0 Å². The molecule has 3 rings (SSSR count). The first kappa shape index (κ1) is 18.6. The van der Waals surface area contributed by atoms with Crippen LogP contribution in [0.3, 0.4) is 0 Å². The van der Waals surface area contributed by atoms with Gasteiger partial charge in [0.25, 0.3) is 0 Å². The number of aromatic nitrogens is 2. The van der Waals surface area contributed by atoms with Crippen molar-refractivity contribution in [3.8, 4) is 0 Å². The summed E-state index contributed by atoms with van der Waals surface area (Å²) in [5.41, 5.74) is 11.3. The number of nitrogens with one attached hydrogen (secondary N) is 2. The zero-order chi connectivity index (χ0) is 18.9. The molecule has 1 fully saturated rings. The van der Waals surface area contributed by atoms with Crippen LogP contribution in [0, 0.1) is 5.41 Å². The van der Waals surface area contributed by atoms with Crippen molar-refractivity contribution in [3.63, 3.8) is 0 Å². The van der Waals surface area contributed by atoms with E-state index in [-0.39, 0.29) is 28.8 Å². The van der Waals surface area contributed by atoms with E-state index in [1.807, 2.05) is 4.90 Å². The van der Waals surface area contributed by atoms with Gasteiger partial charge in [-0.1, -0.05) is 11.6 Å². The molecule has 0 radical (unpaired) electrons. The maximum absolute atomic E-state index is 10.2. The maximum Gasteiger partial charge on any atom is 0.161 e. The van der Waals surface area contributed by atoms with Crippen LogP contribution in [0.15, 0.2) is 29.1 Å². The summed E-state index contributed by atoms with van der Waals surface area (Å²) >= 11 is 6.07. The van der Waals surface area contributed by atoms with Crippen LogP contribution in [0.1, 0.15) is 18.5 Å². The highest BCUT2D eigenvalue weighted by Gasteiger charge is 2.31. The van der Waals surface area contributed by atoms with Crippen molar-refractivity contribution < 1.29 is 10.2 Å². The van der Waals surface area contributed by atoms with Crippen LogP contribution < -0.4 is 21.7 Å². The fourth-order valence-corrected chi connectivity index (χ4v) is 3.17. The first-order valence-electron chi connectivity index (χ1n) is 8.24. The average Bonchev–Trinajstić information content (AvgIpc) is 2.64. The zero-order valence-electron chi connectivity index (χ0n) is 14.1. The van der Waals surface area contributed by atoms with Crippen LogP contribution in [0.4, 0.5) is 11.6 Å². The summed E-state index contributed by atoms with van der Waals surface area (Å²) in [4.78, 5) is 10.6. The highest BCUT2D eigenvalue weighted by Crippen LogP contribution is 2.27. The van der Waals surface area contributed by atoms with Gasteiger partial charge in [0.1, 0.15) is 11.5 Å². The molecule has 10 heteroatoms. The lowest BCUT2D eigenvalue weighted by molar-refractivity contribution is 0.0249. The van der Waals surface area contributed by atoms with E-state index < -0.39 is 11.8 Å². The Morgan fingerprint density at radius 2 is 2.15 bits per heavy atom. The smallest absolute Gasteiger partial charge is 0.161 e. The summed E-state index contributed by atoms with van der Waals surface area (Å²) in [6.07, 6.45) is 4.64. The van der Waals surface area contributed by atoms with Gasteiger partial charge in [-0.3, -0.25) is 5.41 Å². The molecule has 0 saturated carbocycles. The molecule has 1 atom stereocenters. The first-order chi connectivity index (χ1) is 12.3. The number of rotatable bonds is 4. The Balaban J connectivity index is 1.79. The summed E-state index contributed by atoms with van der Waals surface area (Å²) in [5, 5.41) is 31.0. The first-order valence-corrected chi connectivity index (χ1v) is 8.62. The Kier molecular flexibility index (Phi) is 5.15. The normalized spacial score (nSPS) is 22.3. The highest BCUT2D eigenvalue weighted by molar-refractivity contribution is 6.34. The number of anilines is 2. The second kappa shape index (κ2) is 7.20. The van der Waals surface area contributed by atoms with E-state index >= 15 is 0 Å². The number of piperidine rings is 1. The molecule has 2 aliphatic heterocycles. The lowest BCUT2D eigenvalue weighted by Gasteiger charge is -2.37. The number of halogens is 1. The van der Waals surface area contributed by atoms with E-state index in [2.05, 4.69) is 15.3 Å². The minimum absolute atomic E-state index is 0.0144. The molecule has 9 nitrogen and oxygen atoms in total. The Morgan fingerprint density at radius 1 is 1.46 bits per heavy atom. The Morgan fingerprint density at radius 3 is 2.77 bits per heavy atom. The summed E-state index contributed by atoms with van der Waals surface area (Å²) in [5.74, 6) is 0.685. The fraction of sp³-hybridized carbons (Fsp3) is 0.438. The number of hydrogen-bond donors (Lipinski definition) is 6. The molecule has 2 aliphatic rings. The van der Waals surface area contributed by atoms with Gasteiger partial charge in [0.2, 0.25) is 0 Å². The minimum Gasteiger partial charge on any atom is -0.388 e. The number of aliphatic hydroxyl groups excluding tert-OH is 1. The van der Waals surface area contributed by atoms with E-state index in [1.165, 1.54) is 6.20 Å². The molecule has 1 aromatic heterocycles. The molecule has 0 aliphatic carbocycles. The van der Waals surface area contributed by atoms with Gasteiger partial charge in [0.15, 0.2) is 12.0 Å². The molecule has 1 unspecified atom stereocenters. The third-order valence-corrected chi connectivity index (χ3v) is 5.10. The molecule has 1 saturated heterocycles. The van der Waals surface area contributed by atoms with E-state index in [4.69, 9.17) is 28.5 Å². The third kappa shape index (κ3) is 3.51. The van der Waals surface area contributed by atoms with Crippen molar-refractivity contribution in [2.45, 2.75) is 24.7 Å². The predicted octanol–water partition coefficient (Wildman–Crippen LogP) is -0.355. The molecule has 3 heterocycles. The predicted molar refractivity (Wildman–Crippen MR) is 99.9 cm³/mol. The molecule has 1 aromatic rings. The number of nitrogens with two attached hydrogens (primary N) is 2. The van der Waals surface area contributed by atoms with Gasteiger partial charge in [0.05, 0.1) is 22.5 Å². The van der Waals surface area contributed by atoms with E-state index in [0.29, 0.717) is 37.3 Å². The number of nitrogen functional groups attached to an aromatic ring is 1. The van der Waals surface area contributed by atoms with Crippen molar-refractivity contribution in [1.82, 2.24) is 15.3 Å². The zero-order valence-corrected chi connectivity index (χ0v) is 14.9. The standard InChI is InChI=1S/C16H22ClN7O2/c17-11-9(1-4-21-15(11)25)12(19)13-14(20)23-10(7-22-13)24-5-2-16(26,8-18)3-6-24/h1,4,7,15,19,21,25-26H,2-3,5-6,8,18H2,(H2,20,23). The van der Waals surface area contributed by atoms with Crippen LogP contribution in [-0.2, 0) is 0 Å². The monoisotopic (exact) mass is 379 g/mol. The van der Waals surface area contributed by atoms with Crippen LogP contribution in [0.5, 0.6) is 0 Å². The van der Waals surface area contributed by atoms with Gasteiger partial charge in [-0.25, -0.2) is 9.97 Å². The van der Waals surface area contributed by atoms with Gasteiger partial charge in [-0.05, 0) is 25.1 Å². The van der Waals surface area contributed by atoms with Gasteiger partial charge in [0, 0.05) is 25.2 Å². The molecule has 0 amide bonds. The molecule has 0 aromatic carbocycles. The molecular formula is C16H22ClN7O2. The molecule has 8 N–H and O–H groups in total. The highest BCUT2D eigenvalue weighted by atomic mass is 35.5. The Hall–Kier alpha value is -2.20. The number of aliphatic hydroxyl groups is 2. The summed E-state index contributed by atoms with van der Waals surface area (Å²) in [6, 6.07) is 0. The van der Waals surface area contributed by atoms with Crippen LogP contribution in [0.25, 0.3) is 0 Å². The Labute approximate surface area is 155 Å². The lowest BCUT2D eigenvalue weighted by atomic mass is 9.92. The van der Waals surface area contributed by atoms with E-state index in [1.54, 1.807) is 12.3 Å². The summed E-state index contributed by atoms with van der Waals surface area (Å²) in [7, 11) is 0. The van der Waals surface area contributed by atoms with Crippen molar-refractivity contribution in [3.05, 3.63) is 34.8 Å². The summed E-state index contributed by atoms with van der Waals surface area (Å²) < 4.78 is 0. The number of dihydropyridines is 1. The minimum atomic E-state index is -1.07. The van der Waals surface area contributed by atoms with Crippen LogP contribution >= 0.6 is 11.6 Å². The average molecular weight is 380 g/mol. The number of hydrogen-bond acceptors (Lipinski definition) is 9.